The summed E-state index contributed by atoms with van der Waals surface area (Å²) in [4.78, 5) is 34.7. The number of unbranched alkanes of at least 4 members (excludes halogenated alkanes) is 9. The summed E-state index contributed by atoms with van der Waals surface area (Å²) in [5, 5.41) is 0. The molecule has 3 rings (SSSR count). The topological polar surface area (TPSA) is 125 Å². The van der Waals surface area contributed by atoms with Gasteiger partial charge in [0.1, 0.15) is 12.8 Å². The van der Waals surface area contributed by atoms with Gasteiger partial charge in [-0.05, 0) is 19.3 Å². The number of nitrogen functional groups attached to an aromatic ring is 1. The lowest BCUT2D eigenvalue weighted by Gasteiger charge is -2.15. The van der Waals surface area contributed by atoms with E-state index in [0.29, 0.717) is 12.1 Å². The molecule has 3 heterocycles. The third kappa shape index (κ3) is 7.05. The Morgan fingerprint density at radius 2 is 1.84 bits per heavy atom. The molecule has 178 valence electrons. The van der Waals surface area contributed by atoms with Gasteiger partial charge in [-0.25, -0.2) is 4.98 Å². The summed E-state index contributed by atoms with van der Waals surface area (Å²) < 4.78 is 13.1. The number of nitrogens with zero attached hydrogens (tertiary/aromatic N) is 3. The minimum atomic E-state index is -0.373. The van der Waals surface area contributed by atoms with Gasteiger partial charge in [-0.1, -0.05) is 64.7 Å². The second-order valence-corrected chi connectivity index (χ2v) is 8.68. The standard InChI is InChI=1S/C23H37N5O4/c1-2-3-4-5-6-7-8-9-10-11-12-19(29)31-15-17-13-14-18(32-17)28-16-25-20-21(28)26-23(24)27-22(20)30/h16-18H,2-15H2,1H3,(H3,24,26,27,30)/t17-,18+/m0/s1. The Kier molecular flexibility index (Phi) is 9.52. The molecule has 0 aliphatic carbocycles. The molecule has 2 aromatic heterocycles. The van der Waals surface area contributed by atoms with Crippen LogP contribution in [-0.2, 0) is 14.3 Å². The van der Waals surface area contributed by atoms with Crippen LogP contribution in [0, 0.1) is 0 Å². The Bertz CT molecular complexity index is 909. The van der Waals surface area contributed by atoms with Crippen LogP contribution in [-0.4, -0.2) is 38.2 Å². The SMILES string of the molecule is CCCCCCCCCCCCC(=O)OC[C@@H]1CC[C@H](n2cnc3c(=O)[nH]c(N)nc32)O1. The predicted molar refractivity (Wildman–Crippen MR) is 123 cm³/mol. The fourth-order valence-corrected chi connectivity index (χ4v) is 4.18. The highest BCUT2D eigenvalue weighted by atomic mass is 16.6. The molecule has 0 radical (unpaired) electrons. The van der Waals surface area contributed by atoms with Gasteiger partial charge in [0.15, 0.2) is 11.2 Å². The van der Waals surface area contributed by atoms with Crippen molar-refractivity contribution in [3.63, 3.8) is 0 Å². The van der Waals surface area contributed by atoms with Crippen LogP contribution < -0.4 is 11.3 Å². The van der Waals surface area contributed by atoms with Crippen molar-refractivity contribution in [3.05, 3.63) is 16.7 Å². The number of hydrogen-bond acceptors (Lipinski definition) is 7. The first-order chi connectivity index (χ1) is 15.6. The van der Waals surface area contributed by atoms with E-state index in [1.54, 1.807) is 4.57 Å². The van der Waals surface area contributed by atoms with Gasteiger partial charge in [-0.3, -0.25) is 19.1 Å². The van der Waals surface area contributed by atoms with Gasteiger partial charge < -0.3 is 15.2 Å². The van der Waals surface area contributed by atoms with Crippen molar-refractivity contribution in [2.75, 3.05) is 12.3 Å². The molecule has 2 aromatic rings. The van der Waals surface area contributed by atoms with Crippen LogP contribution in [0.1, 0.15) is 96.6 Å². The number of aromatic nitrogens is 4. The fraction of sp³-hybridized carbons (Fsp3) is 0.739. The molecule has 1 aliphatic rings. The summed E-state index contributed by atoms with van der Waals surface area (Å²) in [6.07, 6.45) is 15.4. The molecule has 0 spiro atoms. The first kappa shape index (κ1) is 24.2. The van der Waals surface area contributed by atoms with Gasteiger partial charge in [-0.2, -0.15) is 4.98 Å². The lowest BCUT2D eigenvalue weighted by Crippen LogP contribution is -2.19. The van der Waals surface area contributed by atoms with E-state index >= 15 is 0 Å². The Hall–Kier alpha value is -2.42. The molecule has 1 saturated heterocycles. The van der Waals surface area contributed by atoms with Crippen molar-refractivity contribution >= 4 is 23.1 Å². The molecular formula is C23H37N5O4. The van der Waals surface area contributed by atoms with Crippen molar-refractivity contribution in [1.82, 2.24) is 19.5 Å². The van der Waals surface area contributed by atoms with Crippen LogP contribution in [0.15, 0.2) is 11.1 Å². The van der Waals surface area contributed by atoms with Crippen molar-refractivity contribution in [1.29, 1.82) is 0 Å². The number of H-pyrrole nitrogens is 1. The monoisotopic (exact) mass is 447 g/mol. The zero-order chi connectivity index (χ0) is 22.8. The second kappa shape index (κ2) is 12.6. The van der Waals surface area contributed by atoms with Crippen LogP contribution in [0.25, 0.3) is 11.2 Å². The molecule has 1 aliphatic heterocycles. The van der Waals surface area contributed by atoms with Gasteiger partial charge in [0.05, 0.1) is 12.4 Å². The first-order valence-corrected chi connectivity index (χ1v) is 12.1. The maximum Gasteiger partial charge on any atom is 0.305 e. The van der Waals surface area contributed by atoms with E-state index in [0.717, 1.165) is 25.7 Å². The van der Waals surface area contributed by atoms with E-state index in [2.05, 4.69) is 21.9 Å². The Labute approximate surface area is 189 Å². The number of carbonyl (C=O) groups is 1. The number of fused-ring (bicyclic) bond motifs is 1. The number of carbonyl (C=O) groups excluding carboxylic acids is 1. The van der Waals surface area contributed by atoms with Crippen LogP contribution >= 0.6 is 0 Å². The minimum absolute atomic E-state index is 0.0414. The van der Waals surface area contributed by atoms with Gasteiger partial charge in [0, 0.05) is 6.42 Å². The molecule has 0 bridgehead atoms. The zero-order valence-corrected chi connectivity index (χ0v) is 19.2. The molecule has 2 atom stereocenters. The molecule has 0 saturated carbocycles. The van der Waals surface area contributed by atoms with E-state index in [1.807, 2.05) is 0 Å². The van der Waals surface area contributed by atoms with E-state index in [-0.39, 0.29) is 41.9 Å². The average Bonchev–Trinajstić information content (AvgIpc) is 3.40. The Morgan fingerprint density at radius 3 is 2.56 bits per heavy atom. The number of nitrogens with one attached hydrogen (secondary N) is 1. The van der Waals surface area contributed by atoms with E-state index in [4.69, 9.17) is 15.2 Å². The lowest BCUT2D eigenvalue weighted by atomic mass is 10.1. The highest BCUT2D eigenvalue weighted by molar-refractivity contribution is 5.70. The normalized spacial score (nSPS) is 18.4. The minimum Gasteiger partial charge on any atom is -0.463 e. The van der Waals surface area contributed by atoms with Crippen LogP contribution in [0.5, 0.6) is 0 Å². The number of hydrogen-bond donors (Lipinski definition) is 2. The third-order valence-corrected chi connectivity index (χ3v) is 6.01. The van der Waals surface area contributed by atoms with E-state index in [1.165, 1.54) is 57.7 Å². The first-order valence-electron chi connectivity index (χ1n) is 12.1. The van der Waals surface area contributed by atoms with Crippen molar-refractivity contribution in [2.45, 2.75) is 103 Å². The number of imidazole rings is 1. The molecule has 0 aromatic carbocycles. The molecule has 9 nitrogen and oxygen atoms in total. The number of anilines is 1. The average molecular weight is 448 g/mol. The largest absolute Gasteiger partial charge is 0.463 e. The molecule has 9 heteroatoms. The van der Waals surface area contributed by atoms with Gasteiger partial charge in [0.2, 0.25) is 5.95 Å². The number of esters is 1. The lowest BCUT2D eigenvalue weighted by molar-refractivity contribution is -0.148. The zero-order valence-electron chi connectivity index (χ0n) is 19.2. The summed E-state index contributed by atoms with van der Waals surface area (Å²) in [5.41, 5.74) is 5.91. The number of rotatable bonds is 14. The van der Waals surface area contributed by atoms with Crippen LogP contribution in [0.2, 0.25) is 0 Å². The summed E-state index contributed by atoms with van der Waals surface area (Å²) in [6.45, 7) is 2.49. The summed E-state index contributed by atoms with van der Waals surface area (Å²) >= 11 is 0. The Morgan fingerprint density at radius 1 is 1.16 bits per heavy atom. The number of ether oxygens (including phenoxy) is 2. The third-order valence-electron chi connectivity index (χ3n) is 6.01. The van der Waals surface area contributed by atoms with E-state index in [9.17, 15) is 9.59 Å². The highest BCUT2D eigenvalue weighted by Crippen LogP contribution is 2.30. The van der Waals surface area contributed by atoms with Crippen LogP contribution in [0.4, 0.5) is 5.95 Å². The summed E-state index contributed by atoms with van der Waals surface area (Å²) in [7, 11) is 0. The second-order valence-electron chi connectivity index (χ2n) is 8.68. The molecule has 3 N–H and O–H groups in total. The predicted octanol–water partition coefficient (Wildman–Crippen LogP) is 4.23. The summed E-state index contributed by atoms with van der Waals surface area (Å²) in [6, 6.07) is 0. The molecule has 1 fully saturated rings. The number of nitrogens with two attached hydrogens (primary N) is 1. The molecule has 0 amide bonds. The number of aromatic amines is 1. The van der Waals surface area contributed by atoms with Crippen molar-refractivity contribution < 1.29 is 14.3 Å². The highest BCUT2D eigenvalue weighted by Gasteiger charge is 2.29. The molecule has 0 unspecified atom stereocenters. The molecule has 32 heavy (non-hydrogen) atoms. The van der Waals surface area contributed by atoms with Gasteiger partial charge >= 0.3 is 5.97 Å². The van der Waals surface area contributed by atoms with Gasteiger partial charge in [0.25, 0.3) is 5.56 Å². The van der Waals surface area contributed by atoms with Gasteiger partial charge in [-0.15, -0.1) is 0 Å². The van der Waals surface area contributed by atoms with Crippen LogP contribution in [0.3, 0.4) is 0 Å². The Balaban J connectivity index is 1.29. The van der Waals surface area contributed by atoms with Crippen molar-refractivity contribution in [3.8, 4) is 0 Å². The molecular weight excluding hydrogens is 410 g/mol. The quantitative estimate of drug-likeness (QED) is 0.328. The summed E-state index contributed by atoms with van der Waals surface area (Å²) in [5.74, 6) is -0.120. The smallest absolute Gasteiger partial charge is 0.305 e. The maximum atomic E-state index is 12.0. The fourth-order valence-electron chi connectivity index (χ4n) is 4.18. The maximum absolute atomic E-state index is 12.0. The van der Waals surface area contributed by atoms with Crippen molar-refractivity contribution in [2.24, 2.45) is 0 Å². The van der Waals surface area contributed by atoms with E-state index < -0.39 is 0 Å².